The van der Waals surface area contributed by atoms with Gasteiger partial charge in [0, 0.05) is 22.6 Å². The molecule has 0 bridgehead atoms. The number of amides is 1. The van der Waals surface area contributed by atoms with Crippen LogP contribution in [-0.2, 0) is 0 Å². The van der Waals surface area contributed by atoms with Crippen molar-refractivity contribution < 1.29 is 9.18 Å². The first kappa shape index (κ1) is 17.4. The van der Waals surface area contributed by atoms with Crippen molar-refractivity contribution in [1.82, 2.24) is 14.9 Å². The number of carbonyl (C=O) groups is 1. The molecule has 3 rings (SSSR count). The lowest BCUT2D eigenvalue weighted by Gasteiger charge is -2.15. The normalized spacial score (nSPS) is 12.0. The second-order valence-electron chi connectivity index (χ2n) is 5.76. The fraction of sp³-hybridized carbons (Fsp3) is 0.158. The molecule has 1 N–H and O–H groups in total. The molecule has 0 fully saturated rings. The van der Waals surface area contributed by atoms with E-state index in [9.17, 15) is 9.18 Å². The second kappa shape index (κ2) is 7.19. The highest BCUT2D eigenvalue weighted by Crippen LogP contribution is 2.19. The summed E-state index contributed by atoms with van der Waals surface area (Å²) in [5, 5.41) is 2.82. The van der Waals surface area contributed by atoms with Crippen molar-refractivity contribution in [3.63, 3.8) is 0 Å². The summed E-state index contributed by atoms with van der Waals surface area (Å²) in [6.45, 7) is 3.80. The molecule has 0 radical (unpaired) electrons. The lowest BCUT2D eigenvalue weighted by atomic mass is 10.1. The number of carbonyl (C=O) groups excluding carboxylic acids is 1. The van der Waals surface area contributed by atoms with Crippen LogP contribution in [0.4, 0.5) is 4.39 Å². The number of nitrogens with zero attached hydrogens (tertiary/aromatic N) is 2. The molecular weight excluding hydrogens is 385 g/mol. The predicted octanol–water partition coefficient (Wildman–Crippen LogP) is 4.57. The van der Waals surface area contributed by atoms with Crippen LogP contribution in [0.1, 0.15) is 34.7 Å². The van der Waals surface area contributed by atoms with Gasteiger partial charge < -0.3 is 9.88 Å². The zero-order valence-corrected chi connectivity index (χ0v) is 15.4. The Balaban J connectivity index is 1.74. The first-order chi connectivity index (χ1) is 12.0. The molecule has 1 atom stereocenters. The van der Waals surface area contributed by atoms with Crippen LogP contribution in [0.5, 0.6) is 0 Å². The van der Waals surface area contributed by atoms with E-state index in [2.05, 4.69) is 26.2 Å². The molecule has 1 amide bonds. The smallest absolute Gasteiger partial charge is 0.254 e. The summed E-state index contributed by atoms with van der Waals surface area (Å²) in [5.41, 5.74) is 1.96. The Bertz CT molecular complexity index is 905. The molecule has 0 aliphatic heterocycles. The first-order valence-corrected chi connectivity index (χ1v) is 8.61. The number of nitrogens with one attached hydrogen (secondary N) is 1. The number of rotatable bonds is 4. The molecule has 128 valence electrons. The molecule has 1 heterocycles. The highest BCUT2D eigenvalue weighted by molar-refractivity contribution is 9.10. The van der Waals surface area contributed by atoms with E-state index in [0.717, 1.165) is 17.1 Å². The molecule has 6 heteroatoms. The van der Waals surface area contributed by atoms with E-state index >= 15 is 0 Å². The van der Waals surface area contributed by atoms with Crippen molar-refractivity contribution in [3.05, 3.63) is 82.1 Å². The van der Waals surface area contributed by atoms with Crippen molar-refractivity contribution in [2.24, 2.45) is 0 Å². The molecule has 2 aromatic carbocycles. The Labute approximate surface area is 153 Å². The molecule has 0 aliphatic rings. The van der Waals surface area contributed by atoms with Crippen LogP contribution >= 0.6 is 15.9 Å². The fourth-order valence-electron chi connectivity index (χ4n) is 2.61. The monoisotopic (exact) mass is 401 g/mol. The summed E-state index contributed by atoms with van der Waals surface area (Å²) in [6, 6.07) is 12.0. The summed E-state index contributed by atoms with van der Waals surface area (Å²) in [5.74, 6) is -0.0862. The average molecular weight is 402 g/mol. The third kappa shape index (κ3) is 3.79. The Kier molecular flexibility index (Phi) is 4.99. The van der Waals surface area contributed by atoms with Crippen LogP contribution in [0.2, 0.25) is 0 Å². The SMILES string of the molecule is Cc1nccn1-c1ccc([C@H](C)NC(=O)c2ccc(Br)cc2F)cc1. The minimum Gasteiger partial charge on any atom is -0.345 e. The zero-order valence-electron chi connectivity index (χ0n) is 13.8. The topological polar surface area (TPSA) is 46.9 Å². The maximum atomic E-state index is 13.9. The maximum Gasteiger partial charge on any atom is 0.254 e. The minimum atomic E-state index is -0.551. The highest BCUT2D eigenvalue weighted by Gasteiger charge is 2.15. The number of halogens is 2. The Morgan fingerprint density at radius 3 is 2.56 bits per heavy atom. The van der Waals surface area contributed by atoms with Crippen LogP contribution < -0.4 is 5.32 Å². The third-order valence-electron chi connectivity index (χ3n) is 4.02. The van der Waals surface area contributed by atoms with E-state index in [0.29, 0.717) is 4.47 Å². The second-order valence-corrected chi connectivity index (χ2v) is 6.67. The van der Waals surface area contributed by atoms with Gasteiger partial charge in [0.25, 0.3) is 5.91 Å². The lowest BCUT2D eigenvalue weighted by molar-refractivity contribution is 0.0936. The Hall–Kier alpha value is -2.47. The van der Waals surface area contributed by atoms with E-state index in [-0.39, 0.29) is 11.6 Å². The number of benzene rings is 2. The summed E-state index contributed by atoms with van der Waals surface area (Å²) in [7, 11) is 0. The minimum absolute atomic E-state index is 0.0284. The summed E-state index contributed by atoms with van der Waals surface area (Å²) in [4.78, 5) is 16.5. The van der Waals surface area contributed by atoms with Crippen LogP contribution in [0.25, 0.3) is 5.69 Å². The van der Waals surface area contributed by atoms with E-state index in [1.54, 1.807) is 12.3 Å². The van der Waals surface area contributed by atoms with E-state index in [1.165, 1.54) is 12.1 Å². The van der Waals surface area contributed by atoms with Crippen LogP contribution in [0, 0.1) is 12.7 Å². The standard InChI is InChI=1S/C19H17BrFN3O/c1-12(23-19(25)17-8-5-15(20)11-18(17)21)14-3-6-16(7-4-14)24-10-9-22-13(24)2/h3-12H,1-2H3,(H,23,25)/t12-/m0/s1. The van der Waals surface area contributed by atoms with Gasteiger partial charge in [-0.05, 0) is 49.7 Å². The molecule has 3 aromatic rings. The molecule has 25 heavy (non-hydrogen) atoms. The first-order valence-electron chi connectivity index (χ1n) is 7.82. The van der Waals surface area contributed by atoms with Crippen molar-refractivity contribution in [2.75, 3.05) is 0 Å². The number of hydrogen-bond donors (Lipinski definition) is 1. The van der Waals surface area contributed by atoms with Gasteiger partial charge in [0.15, 0.2) is 0 Å². The van der Waals surface area contributed by atoms with Crippen LogP contribution in [0.3, 0.4) is 0 Å². The maximum absolute atomic E-state index is 13.9. The molecular formula is C19H17BrFN3O. The summed E-state index contributed by atoms with van der Waals surface area (Å²) >= 11 is 3.18. The van der Waals surface area contributed by atoms with Crippen molar-refractivity contribution >= 4 is 21.8 Å². The van der Waals surface area contributed by atoms with Gasteiger partial charge in [0.05, 0.1) is 11.6 Å². The number of aromatic nitrogens is 2. The van der Waals surface area contributed by atoms with E-state index < -0.39 is 11.7 Å². The van der Waals surface area contributed by atoms with Crippen molar-refractivity contribution in [1.29, 1.82) is 0 Å². The van der Waals surface area contributed by atoms with Crippen LogP contribution in [-0.4, -0.2) is 15.5 Å². The Morgan fingerprint density at radius 1 is 1.24 bits per heavy atom. The molecule has 0 saturated heterocycles. The highest BCUT2D eigenvalue weighted by atomic mass is 79.9. The average Bonchev–Trinajstić information content (AvgIpc) is 3.00. The van der Waals surface area contributed by atoms with Gasteiger partial charge in [-0.1, -0.05) is 28.1 Å². The molecule has 0 aliphatic carbocycles. The Morgan fingerprint density at radius 2 is 1.96 bits per heavy atom. The summed E-state index contributed by atoms with van der Waals surface area (Å²) < 4.78 is 16.5. The van der Waals surface area contributed by atoms with Gasteiger partial charge in [0.1, 0.15) is 11.6 Å². The van der Waals surface area contributed by atoms with E-state index in [1.807, 2.05) is 48.9 Å². The number of hydrogen-bond acceptors (Lipinski definition) is 2. The largest absolute Gasteiger partial charge is 0.345 e. The van der Waals surface area contributed by atoms with Crippen molar-refractivity contribution in [3.8, 4) is 5.69 Å². The lowest BCUT2D eigenvalue weighted by Crippen LogP contribution is -2.27. The zero-order chi connectivity index (χ0) is 18.0. The fourth-order valence-corrected chi connectivity index (χ4v) is 2.94. The van der Waals surface area contributed by atoms with E-state index in [4.69, 9.17) is 0 Å². The molecule has 0 saturated carbocycles. The predicted molar refractivity (Wildman–Crippen MR) is 98.3 cm³/mol. The number of imidazole rings is 1. The van der Waals surface area contributed by atoms with Crippen molar-refractivity contribution in [2.45, 2.75) is 19.9 Å². The number of aryl methyl sites for hydroxylation is 1. The quantitative estimate of drug-likeness (QED) is 0.695. The molecule has 0 spiro atoms. The van der Waals surface area contributed by atoms with Crippen LogP contribution in [0.15, 0.2) is 59.3 Å². The third-order valence-corrected chi connectivity index (χ3v) is 4.51. The van der Waals surface area contributed by atoms with Gasteiger partial charge in [-0.3, -0.25) is 4.79 Å². The van der Waals surface area contributed by atoms with Gasteiger partial charge in [-0.15, -0.1) is 0 Å². The molecule has 0 unspecified atom stereocenters. The van der Waals surface area contributed by atoms with Gasteiger partial charge >= 0.3 is 0 Å². The molecule has 1 aromatic heterocycles. The van der Waals surface area contributed by atoms with Gasteiger partial charge in [0.2, 0.25) is 0 Å². The molecule has 4 nitrogen and oxygen atoms in total. The van der Waals surface area contributed by atoms with Gasteiger partial charge in [-0.25, -0.2) is 9.37 Å². The van der Waals surface area contributed by atoms with Gasteiger partial charge in [-0.2, -0.15) is 0 Å². The summed E-state index contributed by atoms with van der Waals surface area (Å²) in [6.07, 6.45) is 3.64.